The van der Waals surface area contributed by atoms with E-state index in [1.54, 1.807) is 0 Å². The number of carbonyl (C=O) groups excluding carboxylic acids is 1. The van der Waals surface area contributed by atoms with Crippen LogP contribution in [0.5, 0.6) is 0 Å². The molecule has 3 N–H and O–H groups in total. The van der Waals surface area contributed by atoms with Crippen molar-refractivity contribution in [1.29, 1.82) is 0 Å². The first-order chi connectivity index (χ1) is 12.1. The Kier molecular flexibility index (Phi) is 5.89. The molecular weight excluding hydrogens is 336 g/mol. The summed E-state index contributed by atoms with van der Waals surface area (Å²) in [5.41, 5.74) is 3.51. The number of amides is 1. The molecule has 1 aliphatic rings. The second-order valence-corrected chi connectivity index (χ2v) is 6.77. The number of pyridine rings is 1. The average molecular weight is 359 g/mol. The third-order valence-electron chi connectivity index (χ3n) is 4.13. The molecule has 3 rings (SSSR count). The van der Waals surface area contributed by atoms with Crippen molar-refractivity contribution in [2.24, 2.45) is 0 Å². The van der Waals surface area contributed by atoms with Crippen molar-refractivity contribution in [3.63, 3.8) is 0 Å². The van der Waals surface area contributed by atoms with E-state index in [0.29, 0.717) is 17.5 Å². The van der Waals surface area contributed by atoms with Gasteiger partial charge >= 0.3 is 0 Å². The molecule has 0 aliphatic heterocycles. The summed E-state index contributed by atoms with van der Waals surface area (Å²) in [5, 5.41) is 10.2. The Labute approximate surface area is 153 Å². The summed E-state index contributed by atoms with van der Waals surface area (Å²) in [5.74, 6) is 1.47. The van der Waals surface area contributed by atoms with Gasteiger partial charge in [-0.1, -0.05) is 17.7 Å². The first kappa shape index (κ1) is 17.7. The van der Waals surface area contributed by atoms with Crippen molar-refractivity contribution in [1.82, 2.24) is 15.6 Å². The molecule has 25 heavy (non-hydrogen) atoms. The van der Waals surface area contributed by atoms with Gasteiger partial charge in [0, 0.05) is 43.5 Å². The van der Waals surface area contributed by atoms with Crippen LogP contribution in [0.4, 0.5) is 11.5 Å². The standard InChI is InChI=1S/C19H23ClN4O/c1-13(25)22-8-7-21-11-15-12-23-19(10-18(15)14-5-6-14)24-17-4-2-3-16(20)9-17/h2-4,9-10,12,14,21H,5-8,11H2,1H3,(H,22,25)(H,23,24). The van der Waals surface area contributed by atoms with E-state index >= 15 is 0 Å². The van der Waals surface area contributed by atoms with Crippen LogP contribution in [0, 0.1) is 0 Å². The largest absolute Gasteiger partial charge is 0.355 e. The number of anilines is 2. The van der Waals surface area contributed by atoms with E-state index in [4.69, 9.17) is 11.6 Å². The van der Waals surface area contributed by atoms with Crippen molar-refractivity contribution < 1.29 is 4.79 Å². The average Bonchev–Trinajstić information content (AvgIpc) is 3.40. The number of aromatic nitrogens is 1. The Hall–Kier alpha value is -2.11. The quantitative estimate of drug-likeness (QED) is 0.631. The van der Waals surface area contributed by atoms with Crippen LogP contribution in [0.25, 0.3) is 0 Å². The first-order valence-electron chi connectivity index (χ1n) is 8.58. The van der Waals surface area contributed by atoms with Gasteiger partial charge in [0.05, 0.1) is 0 Å². The van der Waals surface area contributed by atoms with E-state index in [1.807, 2.05) is 30.5 Å². The van der Waals surface area contributed by atoms with Crippen molar-refractivity contribution in [3.8, 4) is 0 Å². The molecule has 0 radical (unpaired) electrons. The smallest absolute Gasteiger partial charge is 0.216 e. The zero-order valence-corrected chi connectivity index (χ0v) is 15.1. The Bertz CT molecular complexity index is 746. The Balaban J connectivity index is 1.63. The summed E-state index contributed by atoms with van der Waals surface area (Å²) in [7, 11) is 0. The van der Waals surface area contributed by atoms with Crippen molar-refractivity contribution in [2.45, 2.75) is 32.2 Å². The number of nitrogens with zero attached hydrogens (tertiary/aromatic N) is 1. The van der Waals surface area contributed by atoms with Crippen LogP contribution in [-0.4, -0.2) is 24.0 Å². The van der Waals surface area contributed by atoms with Gasteiger partial charge < -0.3 is 16.0 Å². The van der Waals surface area contributed by atoms with Crippen LogP contribution in [0.1, 0.15) is 36.8 Å². The summed E-state index contributed by atoms with van der Waals surface area (Å²) >= 11 is 6.04. The van der Waals surface area contributed by atoms with E-state index in [1.165, 1.54) is 30.9 Å². The lowest BCUT2D eigenvalue weighted by atomic mass is 10.1. The van der Waals surface area contributed by atoms with Crippen molar-refractivity contribution in [2.75, 3.05) is 18.4 Å². The highest BCUT2D eigenvalue weighted by atomic mass is 35.5. The van der Waals surface area contributed by atoms with Crippen molar-refractivity contribution >= 4 is 29.0 Å². The number of hydrogen-bond acceptors (Lipinski definition) is 4. The Morgan fingerprint density at radius 3 is 2.84 bits per heavy atom. The molecule has 1 fully saturated rings. The fraction of sp³-hybridized carbons (Fsp3) is 0.368. The molecule has 1 amide bonds. The summed E-state index contributed by atoms with van der Waals surface area (Å²) in [6.07, 6.45) is 4.41. The van der Waals surface area contributed by atoms with Crippen molar-refractivity contribution in [3.05, 3.63) is 52.7 Å². The maximum atomic E-state index is 10.9. The highest BCUT2D eigenvalue weighted by molar-refractivity contribution is 6.30. The second-order valence-electron chi connectivity index (χ2n) is 6.34. The van der Waals surface area contributed by atoms with Gasteiger partial charge in [0.2, 0.25) is 5.91 Å². The second kappa shape index (κ2) is 8.32. The summed E-state index contributed by atoms with van der Waals surface area (Å²) < 4.78 is 0. The van der Waals surface area contributed by atoms with E-state index in [0.717, 1.165) is 24.6 Å². The van der Waals surface area contributed by atoms with Gasteiger partial charge in [-0.05, 0) is 54.2 Å². The summed E-state index contributed by atoms with van der Waals surface area (Å²) in [6.45, 7) is 3.67. The molecule has 6 heteroatoms. The van der Waals surface area contributed by atoms with Crippen LogP contribution in [0.3, 0.4) is 0 Å². The number of carbonyl (C=O) groups is 1. The van der Waals surface area contributed by atoms with E-state index in [-0.39, 0.29) is 5.91 Å². The lowest BCUT2D eigenvalue weighted by Crippen LogP contribution is -2.30. The van der Waals surface area contributed by atoms with Crippen LogP contribution >= 0.6 is 11.6 Å². The van der Waals surface area contributed by atoms with E-state index in [2.05, 4.69) is 27.0 Å². The molecule has 1 heterocycles. The topological polar surface area (TPSA) is 66.0 Å². The molecule has 1 aliphatic carbocycles. The Morgan fingerprint density at radius 1 is 1.28 bits per heavy atom. The summed E-state index contributed by atoms with van der Waals surface area (Å²) in [6, 6.07) is 9.77. The maximum absolute atomic E-state index is 10.9. The maximum Gasteiger partial charge on any atom is 0.216 e. The predicted molar refractivity (Wildman–Crippen MR) is 101 cm³/mol. The third-order valence-corrected chi connectivity index (χ3v) is 4.36. The molecule has 1 aromatic heterocycles. The van der Waals surface area contributed by atoms with Gasteiger partial charge in [-0.15, -0.1) is 0 Å². The first-order valence-corrected chi connectivity index (χ1v) is 8.96. The molecule has 1 saturated carbocycles. The zero-order valence-electron chi connectivity index (χ0n) is 14.3. The molecule has 132 valence electrons. The molecule has 0 spiro atoms. The highest BCUT2D eigenvalue weighted by Crippen LogP contribution is 2.42. The monoisotopic (exact) mass is 358 g/mol. The lowest BCUT2D eigenvalue weighted by Gasteiger charge is -2.13. The SMILES string of the molecule is CC(=O)NCCNCc1cnc(Nc2cccc(Cl)c2)cc1C1CC1. The number of benzene rings is 1. The number of hydrogen-bond donors (Lipinski definition) is 3. The molecule has 0 saturated heterocycles. The van der Waals surface area contributed by atoms with Gasteiger partial charge in [-0.25, -0.2) is 4.98 Å². The van der Waals surface area contributed by atoms with Gasteiger partial charge in [0.15, 0.2) is 0 Å². The fourth-order valence-corrected chi connectivity index (χ4v) is 2.94. The van der Waals surface area contributed by atoms with Gasteiger partial charge in [0.1, 0.15) is 5.82 Å². The fourth-order valence-electron chi connectivity index (χ4n) is 2.75. The van der Waals surface area contributed by atoms with Crippen LogP contribution in [0.15, 0.2) is 36.5 Å². The highest BCUT2D eigenvalue weighted by Gasteiger charge is 2.26. The lowest BCUT2D eigenvalue weighted by molar-refractivity contribution is -0.118. The van der Waals surface area contributed by atoms with Crippen LogP contribution in [0.2, 0.25) is 5.02 Å². The van der Waals surface area contributed by atoms with Gasteiger partial charge in [0.25, 0.3) is 0 Å². The zero-order chi connectivity index (χ0) is 17.6. The molecular formula is C19H23ClN4O. The number of halogens is 1. The third kappa shape index (κ3) is 5.44. The minimum Gasteiger partial charge on any atom is -0.355 e. The molecule has 5 nitrogen and oxygen atoms in total. The van der Waals surface area contributed by atoms with Gasteiger partial charge in [-0.3, -0.25) is 4.79 Å². The minimum absolute atomic E-state index is 0.00132. The minimum atomic E-state index is -0.00132. The van der Waals surface area contributed by atoms with Crippen LogP contribution < -0.4 is 16.0 Å². The molecule has 0 unspecified atom stereocenters. The van der Waals surface area contributed by atoms with E-state index < -0.39 is 0 Å². The molecule has 2 aromatic rings. The molecule has 0 bridgehead atoms. The Morgan fingerprint density at radius 2 is 2.12 bits per heavy atom. The number of rotatable bonds is 8. The normalized spacial score (nSPS) is 13.5. The van der Waals surface area contributed by atoms with Crippen LogP contribution in [-0.2, 0) is 11.3 Å². The predicted octanol–water partition coefficient (Wildman–Crippen LogP) is 3.58. The van der Waals surface area contributed by atoms with E-state index in [9.17, 15) is 4.79 Å². The number of nitrogens with one attached hydrogen (secondary N) is 3. The molecule has 1 aromatic carbocycles. The summed E-state index contributed by atoms with van der Waals surface area (Å²) in [4.78, 5) is 15.4. The van der Waals surface area contributed by atoms with Gasteiger partial charge in [-0.2, -0.15) is 0 Å². The molecule has 0 atom stereocenters.